The van der Waals surface area contributed by atoms with Gasteiger partial charge in [0.2, 0.25) is 0 Å². The van der Waals surface area contributed by atoms with Crippen LogP contribution in [0.5, 0.6) is 0 Å². The van der Waals surface area contributed by atoms with E-state index in [0.717, 1.165) is 6.42 Å². The Labute approximate surface area is 109 Å². The number of hydrogen-bond donors (Lipinski definition) is 0. The minimum Gasteiger partial charge on any atom is -0.456 e. The summed E-state index contributed by atoms with van der Waals surface area (Å²) >= 11 is 0. The summed E-state index contributed by atoms with van der Waals surface area (Å²) < 4.78 is 10.9. The van der Waals surface area contributed by atoms with Crippen molar-refractivity contribution in [1.82, 2.24) is 0 Å². The summed E-state index contributed by atoms with van der Waals surface area (Å²) in [7, 11) is 1.70. The second-order valence-electron chi connectivity index (χ2n) is 4.91. The number of carbonyl (C=O) groups excluding carboxylic acids is 1. The third-order valence-corrected chi connectivity index (χ3v) is 3.63. The van der Waals surface area contributed by atoms with Crippen LogP contribution in [0.1, 0.15) is 33.1 Å². The zero-order valence-electron chi connectivity index (χ0n) is 11.3. The monoisotopic (exact) mass is 251 g/mol. The molecule has 0 aromatic rings. The Morgan fingerprint density at radius 2 is 1.83 bits per heavy atom. The van der Waals surface area contributed by atoms with Gasteiger partial charge < -0.3 is 9.47 Å². The van der Waals surface area contributed by atoms with Crippen LogP contribution in [0, 0.1) is 23.2 Å². The highest BCUT2D eigenvalue weighted by atomic mass is 16.6. The van der Waals surface area contributed by atoms with E-state index in [1.807, 2.05) is 0 Å². The fourth-order valence-electron chi connectivity index (χ4n) is 2.90. The molecule has 0 heterocycles. The van der Waals surface area contributed by atoms with Gasteiger partial charge >= 0.3 is 5.97 Å². The van der Waals surface area contributed by atoms with Gasteiger partial charge in [-0.1, -0.05) is 6.58 Å². The van der Waals surface area contributed by atoms with Crippen LogP contribution >= 0.6 is 0 Å². The molecule has 0 N–H and O–H groups in total. The largest absolute Gasteiger partial charge is 0.456 e. The predicted octanol–water partition coefficient (Wildman–Crippen LogP) is 2.45. The van der Waals surface area contributed by atoms with Crippen LogP contribution in [-0.2, 0) is 14.3 Å². The normalized spacial score (nSPS) is 32.1. The number of carbonyl (C=O) groups is 1. The molecule has 0 amide bonds. The minimum absolute atomic E-state index is 0.0436. The van der Waals surface area contributed by atoms with E-state index in [-0.39, 0.29) is 18.2 Å². The molecule has 0 radical (unpaired) electrons. The van der Waals surface area contributed by atoms with Gasteiger partial charge in [-0.2, -0.15) is 5.26 Å². The van der Waals surface area contributed by atoms with Gasteiger partial charge in [0.1, 0.15) is 6.10 Å². The molecule has 2 aliphatic rings. The molecule has 4 heteroatoms. The molecule has 2 bridgehead atoms. The smallest absolute Gasteiger partial charge is 0.333 e. The van der Waals surface area contributed by atoms with Gasteiger partial charge in [0.05, 0.1) is 12.2 Å². The first-order valence-corrected chi connectivity index (χ1v) is 6.25. The fraction of sp³-hybridized carbons (Fsp3) is 0.714. The molecule has 4 nitrogen and oxygen atoms in total. The lowest BCUT2D eigenvalue weighted by molar-refractivity contribution is -0.155. The van der Waals surface area contributed by atoms with Crippen molar-refractivity contribution in [2.75, 3.05) is 7.11 Å². The third-order valence-electron chi connectivity index (χ3n) is 3.63. The van der Waals surface area contributed by atoms with Gasteiger partial charge in [0.15, 0.2) is 0 Å². The summed E-state index contributed by atoms with van der Waals surface area (Å²) in [4.78, 5) is 11.5. The van der Waals surface area contributed by atoms with E-state index in [9.17, 15) is 4.79 Å². The summed E-state index contributed by atoms with van der Waals surface area (Å²) in [6, 6.07) is 1.75. The molecule has 2 rings (SSSR count). The maximum absolute atomic E-state index is 11.5. The van der Waals surface area contributed by atoms with E-state index >= 15 is 0 Å². The first-order valence-electron chi connectivity index (χ1n) is 6.25. The summed E-state index contributed by atoms with van der Waals surface area (Å²) in [6.45, 7) is 6.70. The van der Waals surface area contributed by atoms with Crippen molar-refractivity contribution in [3.63, 3.8) is 0 Å². The van der Waals surface area contributed by atoms with Crippen molar-refractivity contribution in [2.45, 2.75) is 45.3 Å². The lowest BCUT2D eigenvalue weighted by Crippen LogP contribution is -2.38. The molecule has 18 heavy (non-hydrogen) atoms. The first kappa shape index (κ1) is 14.7. The van der Waals surface area contributed by atoms with Crippen molar-refractivity contribution >= 4 is 5.97 Å². The summed E-state index contributed by atoms with van der Waals surface area (Å²) in [5.74, 6) is 0.806. The van der Waals surface area contributed by atoms with Crippen molar-refractivity contribution in [3.8, 4) is 6.07 Å². The first-order chi connectivity index (χ1) is 8.54. The molecule has 0 saturated heterocycles. The number of methoxy groups -OCH3 is 1. The number of hydrogen-bond acceptors (Lipinski definition) is 4. The summed E-state index contributed by atoms with van der Waals surface area (Å²) in [6.07, 6.45) is 3.58. The zero-order valence-corrected chi connectivity index (χ0v) is 11.3. The van der Waals surface area contributed by atoms with Crippen LogP contribution < -0.4 is 0 Å². The average Bonchev–Trinajstić information content (AvgIpc) is 2.90. The quantitative estimate of drug-likeness (QED) is 0.571. The van der Waals surface area contributed by atoms with Crippen LogP contribution in [0.2, 0.25) is 0 Å². The van der Waals surface area contributed by atoms with Crippen LogP contribution in [0.3, 0.4) is 0 Å². The molecule has 0 aromatic carbocycles. The molecule has 2 saturated carbocycles. The highest BCUT2D eigenvalue weighted by Gasteiger charge is 2.50. The van der Waals surface area contributed by atoms with Crippen LogP contribution in [-0.4, -0.2) is 25.3 Å². The Morgan fingerprint density at radius 3 is 2.28 bits per heavy atom. The van der Waals surface area contributed by atoms with Crippen molar-refractivity contribution in [3.05, 3.63) is 12.2 Å². The maximum Gasteiger partial charge on any atom is 0.333 e. The predicted molar refractivity (Wildman–Crippen MR) is 67.6 cm³/mol. The van der Waals surface area contributed by atoms with Crippen LogP contribution in [0.25, 0.3) is 0 Å². The fourth-order valence-corrected chi connectivity index (χ4v) is 2.90. The van der Waals surface area contributed by atoms with Gasteiger partial charge in [0, 0.05) is 19.6 Å². The van der Waals surface area contributed by atoms with Crippen molar-refractivity contribution < 1.29 is 14.3 Å². The lowest BCUT2D eigenvalue weighted by Gasteiger charge is -2.29. The van der Waals surface area contributed by atoms with E-state index in [1.165, 1.54) is 19.8 Å². The molecular weight excluding hydrogens is 230 g/mol. The number of nitriles is 1. The third kappa shape index (κ3) is 3.11. The highest BCUT2D eigenvalue weighted by Crippen LogP contribution is 2.47. The van der Waals surface area contributed by atoms with E-state index in [1.54, 1.807) is 20.1 Å². The Morgan fingerprint density at radius 1 is 1.33 bits per heavy atom. The molecular formula is C14H21NO3. The molecule has 0 spiro atoms. The maximum atomic E-state index is 11.5. The van der Waals surface area contributed by atoms with Crippen molar-refractivity contribution in [1.29, 1.82) is 5.26 Å². The SMILES string of the molecule is C=C(C)C(=O)OC1C2CCC(C2)C1OC.CC#N. The second kappa shape index (κ2) is 6.55. The molecule has 4 unspecified atom stereocenters. The lowest BCUT2D eigenvalue weighted by atomic mass is 9.94. The number of rotatable bonds is 3. The van der Waals surface area contributed by atoms with Gasteiger partial charge in [-0.05, 0) is 38.0 Å². The number of fused-ring (bicyclic) bond motifs is 2. The number of ether oxygens (including phenoxy) is 2. The molecule has 2 fully saturated rings. The Balaban J connectivity index is 0.000000492. The Bertz CT molecular complexity index is 359. The second-order valence-corrected chi connectivity index (χ2v) is 4.91. The van der Waals surface area contributed by atoms with Crippen LogP contribution in [0.15, 0.2) is 12.2 Å². The highest BCUT2D eigenvalue weighted by molar-refractivity contribution is 5.87. The molecule has 4 atom stereocenters. The average molecular weight is 251 g/mol. The van der Waals surface area contributed by atoms with Gasteiger partial charge in [-0.15, -0.1) is 0 Å². The van der Waals surface area contributed by atoms with E-state index in [0.29, 0.717) is 17.4 Å². The van der Waals surface area contributed by atoms with Gasteiger partial charge in [-0.25, -0.2) is 4.79 Å². The Hall–Kier alpha value is -1.34. The zero-order chi connectivity index (χ0) is 13.7. The molecule has 2 aliphatic carbocycles. The number of nitrogens with zero attached hydrogens (tertiary/aromatic N) is 1. The van der Waals surface area contributed by atoms with E-state index in [2.05, 4.69) is 6.58 Å². The molecule has 0 aliphatic heterocycles. The summed E-state index contributed by atoms with van der Waals surface area (Å²) in [5.41, 5.74) is 0.465. The molecule has 100 valence electrons. The van der Waals surface area contributed by atoms with E-state index in [4.69, 9.17) is 14.7 Å². The van der Waals surface area contributed by atoms with Gasteiger partial charge in [0.25, 0.3) is 0 Å². The van der Waals surface area contributed by atoms with Crippen molar-refractivity contribution in [2.24, 2.45) is 11.8 Å². The minimum atomic E-state index is -0.283. The summed E-state index contributed by atoms with van der Waals surface area (Å²) in [5, 5.41) is 7.32. The van der Waals surface area contributed by atoms with Crippen LogP contribution in [0.4, 0.5) is 0 Å². The Kier molecular flexibility index (Phi) is 5.36. The standard InChI is InChI=1S/C12H18O3.C2H3N/c1-7(2)12(13)15-11-9-5-4-8(6-9)10(11)14-3;1-2-3/h8-11H,1,4-6H2,2-3H3;1H3. The molecule has 0 aromatic heterocycles. The van der Waals surface area contributed by atoms with E-state index < -0.39 is 0 Å². The number of esters is 1. The topological polar surface area (TPSA) is 59.3 Å². The van der Waals surface area contributed by atoms with Gasteiger partial charge in [-0.3, -0.25) is 0 Å².